The molecule has 1 N–H and O–H groups in total. The first-order chi connectivity index (χ1) is 12.0. The highest BCUT2D eigenvalue weighted by Gasteiger charge is 2.36. The fraction of sp³-hybridized carbons (Fsp3) is 0.421. The van der Waals surface area contributed by atoms with Gasteiger partial charge in [-0.1, -0.05) is 12.1 Å². The third-order valence-corrected chi connectivity index (χ3v) is 4.62. The van der Waals surface area contributed by atoms with Crippen molar-refractivity contribution in [1.29, 1.82) is 0 Å². The Kier molecular flexibility index (Phi) is 4.99. The summed E-state index contributed by atoms with van der Waals surface area (Å²) in [5.74, 6) is 0.691. The summed E-state index contributed by atoms with van der Waals surface area (Å²) in [7, 11) is 1.72. The number of hydrogen-bond acceptors (Lipinski definition) is 5. The summed E-state index contributed by atoms with van der Waals surface area (Å²) in [4.78, 5) is 24.9. The molecule has 6 heteroatoms. The maximum absolute atomic E-state index is 12.7. The van der Waals surface area contributed by atoms with Gasteiger partial charge in [0.25, 0.3) is 5.91 Å². The Balaban J connectivity index is 1.70. The number of rotatable bonds is 4. The first-order valence-electron chi connectivity index (χ1n) is 8.54. The first kappa shape index (κ1) is 17.4. The van der Waals surface area contributed by atoms with Crippen molar-refractivity contribution in [2.75, 3.05) is 31.6 Å². The largest absolute Gasteiger partial charge is 0.386 e. The maximum atomic E-state index is 12.7. The van der Waals surface area contributed by atoms with Gasteiger partial charge in [-0.25, -0.2) is 4.98 Å². The normalized spacial score (nSPS) is 20.4. The van der Waals surface area contributed by atoms with E-state index in [0.717, 1.165) is 24.3 Å². The van der Waals surface area contributed by atoms with Gasteiger partial charge in [0.2, 0.25) is 0 Å². The Hall–Kier alpha value is -2.47. The minimum atomic E-state index is -0.955. The highest BCUT2D eigenvalue weighted by atomic mass is 16.3. The zero-order chi connectivity index (χ0) is 17.9. The number of β-amino-alcohol motifs (C(OH)–C–C–N with tert-alkyl or cyclic N) is 1. The lowest BCUT2D eigenvalue weighted by Crippen LogP contribution is -2.55. The van der Waals surface area contributed by atoms with Crippen LogP contribution < -0.4 is 4.90 Å². The van der Waals surface area contributed by atoms with Gasteiger partial charge in [-0.3, -0.25) is 9.78 Å². The third kappa shape index (κ3) is 3.96. The molecule has 0 spiro atoms. The lowest BCUT2D eigenvalue weighted by atomic mass is 9.92. The van der Waals surface area contributed by atoms with Gasteiger partial charge in [-0.15, -0.1) is 0 Å². The molecule has 3 rings (SSSR count). The number of carbonyl (C=O) groups is 1. The molecule has 0 bridgehead atoms. The summed E-state index contributed by atoms with van der Waals surface area (Å²) < 4.78 is 0. The number of pyridine rings is 2. The molecular weight excluding hydrogens is 316 g/mol. The fourth-order valence-electron chi connectivity index (χ4n) is 3.38. The average Bonchev–Trinajstić information content (AvgIpc) is 2.62. The van der Waals surface area contributed by atoms with E-state index in [0.29, 0.717) is 18.7 Å². The van der Waals surface area contributed by atoms with Crippen LogP contribution in [-0.2, 0) is 0 Å². The number of aromatic nitrogens is 2. The van der Waals surface area contributed by atoms with Crippen LogP contribution in [0.5, 0.6) is 0 Å². The number of hydrogen-bond donors (Lipinski definition) is 1. The molecule has 0 radical (unpaired) electrons. The molecule has 1 saturated heterocycles. The molecule has 0 aliphatic carbocycles. The van der Waals surface area contributed by atoms with Crippen LogP contribution in [0, 0.1) is 6.92 Å². The number of aryl methyl sites for hydroxylation is 1. The summed E-state index contributed by atoms with van der Waals surface area (Å²) in [6.45, 7) is 3.45. The minimum absolute atomic E-state index is 0.165. The van der Waals surface area contributed by atoms with Crippen molar-refractivity contribution >= 4 is 11.7 Å². The van der Waals surface area contributed by atoms with E-state index in [4.69, 9.17) is 0 Å². The second-order valence-electron chi connectivity index (χ2n) is 6.77. The number of anilines is 1. The van der Waals surface area contributed by atoms with E-state index in [-0.39, 0.29) is 12.5 Å². The van der Waals surface area contributed by atoms with Gasteiger partial charge in [-0.05, 0) is 43.5 Å². The molecule has 132 valence electrons. The quantitative estimate of drug-likeness (QED) is 0.920. The van der Waals surface area contributed by atoms with Crippen LogP contribution in [0.15, 0.2) is 42.7 Å². The Morgan fingerprint density at radius 1 is 1.28 bits per heavy atom. The Morgan fingerprint density at radius 2 is 2.08 bits per heavy atom. The van der Waals surface area contributed by atoms with Gasteiger partial charge in [0.1, 0.15) is 11.5 Å². The van der Waals surface area contributed by atoms with Crippen molar-refractivity contribution in [2.24, 2.45) is 0 Å². The average molecular weight is 340 g/mol. The van der Waals surface area contributed by atoms with Crippen molar-refractivity contribution in [3.8, 4) is 0 Å². The van der Waals surface area contributed by atoms with E-state index >= 15 is 0 Å². The number of aliphatic hydroxyl groups is 1. The third-order valence-electron chi connectivity index (χ3n) is 4.62. The molecular formula is C19H24N4O2. The highest BCUT2D eigenvalue weighted by molar-refractivity contribution is 5.93. The van der Waals surface area contributed by atoms with Crippen molar-refractivity contribution in [3.63, 3.8) is 0 Å². The SMILES string of the molecule is Cc1cccnc1C(=O)N(C)C[C@]1(O)CCCN(c2ccccn2)C1. The predicted molar refractivity (Wildman–Crippen MR) is 96.6 cm³/mol. The highest BCUT2D eigenvalue weighted by Crippen LogP contribution is 2.25. The topological polar surface area (TPSA) is 69.6 Å². The van der Waals surface area contributed by atoms with Crippen LogP contribution in [0.25, 0.3) is 0 Å². The molecule has 2 aromatic heterocycles. The van der Waals surface area contributed by atoms with Crippen LogP contribution in [0.4, 0.5) is 5.82 Å². The van der Waals surface area contributed by atoms with Crippen LogP contribution in [-0.4, -0.2) is 58.2 Å². The number of amides is 1. The maximum Gasteiger partial charge on any atom is 0.272 e. The molecule has 1 fully saturated rings. The van der Waals surface area contributed by atoms with Crippen LogP contribution in [0.1, 0.15) is 28.9 Å². The Morgan fingerprint density at radius 3 is 2.80 bits per heavy atom. The van der Waals surface area contributed by atoms with E-state index in [1.807, 2.05) is 37.3 Å². The molecule has 0 aromatic carbocycles. The first-order valence-corrected chi connectivity index (χ1v) is 8.54. The monoisotopic (exact) mass is 340 g/mol. The molecule has 1 amide bonds. The molecule has 3 heterocycles. The minimum Gasteiger partial charge on any atom is -0.386 e. The molecule has 25 heavy (non-hydrogen) atoms. The van der Waals surface area contributed by atoms with Gasteiger partial charge in [-0.2, -0.15) is 0 Å². The summed E-state index contributed by atoms with van der Waals surface area (Å²) in [6, 6.07) is 9.44. The Bertz CT molecular complexity index is 737. The van der Waals surface area contributed by atoms with E-state index in [2.05, 4.69) is 14.9 Å². The van der Waals surface area contributed by atoms with Gasteiger partial charge >= 0.3 is 0 Å². The summed E-state index contributed by atoms with van der Waals surface area (Å²) in [5, 5.41) is 11.1. The lowest BCUT2D eigenvalue weighted by molar-refractivity contribution is -0.000301. The molecule has 0 unspecified atom stereocenters. The second-order valence-corrected chi connectivity index (χ2v) is 6.77. The zero-order valence-corrected chi connectivity index (χ0v) is 14.7. The Labute approximate surface area is 148 Å². The van der Waals surface area contributed by atoms with Crippen LogP contribution in [0.3, 0.4) is 0 Å². The standard InChI is InChI=1S/C19H24N4O2/c1-15-7-5-11-21-17(15)18(24)22(2)13-19(25)9-6-12-23(14-19)16-8-3-4-10-20-16/h3-5,7-8,10-11,25H,6,9,12-14H2,1-2H3/t19-/m1/s1. The zero-order valence-electron chi connectivity index (χ0n) is 14.7. The van der Waals surface area contributed by atoms with E-state index in [1.165, 1.54) is 0 Å². The second kappa shape index (κ2) is 7.19. The number of likely N-dealkylation sites (N-methyl/N-ethyl adjacent to an activating group) is 1. The van der Waals surface area contributed by atoms with Crippen LogP contribution >= 0.6 is 0 Å². The van der Waals surface area contributed by atoms with Crippen molar-refractivity contribution in [1.82, 2.24) is 14.9 Å². The van der Waals surface area contributed by atoms with E-state index in [9.17, 15) is 9.90 Å². The van der Waals surface area contributed by atoms with E-state index < -0.39 is 5.60 Å². The fourth-order valence-corrected chi connectivity index (χ4v) is 3.38. The van der Waals surface area contributed by atoms with Crippen molar-refractivity contribution < 1.29 is 9.90 Å². The number of piperidine rings is 1. The van der Waals surface area contributed by atoms with E-state index in [1.54, 1.807) is 24.3 Å². The predicted octanol–water partition coefficient (Wildman–Crippen LogP) is 1.89. The molecule has 1 atom stereocenters. The smallest absolute Gasteiger partial charge is 0.272 e. The van der Waals surface area contributed by atoms with Crippen LogP contribution in [0.2, 0.25) is 0 Å². The summed E-state index contributed by atoms with van der Waals surface area (Å²) >= 11 is 0. The lowest BCUT2D eigenvalue weighted by Gasteiger charge is -2.41. The molecule has 2 aromatic rings. The van der Waals surface area contributed by atoms with Gasteiger partial charge in [0.15, 0.2) is 0 Å². The molecule has 0 saturated carbocycles. The van der Waals surface area contributed by atoms with Crippen molar-refractivity contribution in [3.05, 3.63) is 54.0 Å². The molecule has 1 aliphatic rings. The van der Waals surface area contributed by atoms with Gasteiger partial charge in [0.05, 0.1) is 12.1 Å². The number of carbonyl (C=O) groups excluding carboxylic acids is 1. The van der Waals surface area contributed by atoms with Gasteiger partial charge in [0, 0.05) is 32.5 Å². The summed E-state index contributed by atoms with van der Waals surface area (Å²) in [6.07, 6.45) is 4.89. The number of nitrogens with zero attached hydrogens (tertiary/aromatic N) is 4. The van der Waals surface area contributed by atoms with Crippen molar-refractivity contribution in [2.45, 2.75) is 25.4 Å². The molecule has 6 nitrogen and oxygen atoms in total. The van der Waals surface area contributed by atoms with Gasteiger partial charge < -0.3 is 14.9 Å². The summed E-state index contributed by atoms with van der Waals surface area (Å²) in [5.41, 5.74) is 0.319. The molecule has 1 aliphatic heterocycles.